The van der Waals surface area contributed by atoms with E-state index in [0.29, 0.717) is 13.1 Å². The van der Waals surface area contributed by atoms with Crippen LogP contribution < -0.4 is 5.73 Å². The van der Waals surface area contributed by atoms with E-state index < -0.39 is 0 Å². The second-order valence-electron chi connectivity index (χ2n) is 4.67. The van der Waals surface area contributed by atoms with Gasteiger partial charge in [-0.25, -0.2) is 0 Å². The minimum absolute atomic E-state index is 0.172. The monoisotopic (exact) mass is 253 g/mol. The Morgan fingerprint density at radius 3 is 3.12 bits per heavy atom. The molecule has 1 aromatic heterocycles. The number of hydrogen-bond donors (Lipinski definition) is 1. The second kappa shape index (κ2) is 5.62. The van der Waals surface area contributed by atoms with Crippen LogP contribution in [-0.2, 0) is 11.3 Å². The summed E-state index contributed by atoms with van der Waals surface area (Å²) in [5.74, 6) is 0.172. The van der Waals surface area contributed by atoms with E-state index in [1.807, 2.05) is 12.4 Å². The molecule has 94 valence electrons. The van der Waals surface area contributed by atoms with Gasteiger partial charge in [-0.15, -0.1) is 0 Å². The number of likely N-dealkylation sites (N-methyl/N-ethyl adjacent to an activating group) is 1. The zero-order valence-corrected chi connectivity index (χ0v) is 10.9. The van der Waals surface area contributed by atoms with Gasteiger partial charge in [0.15, 0.2) is 0 Å². The summed E-state index contributed by atoms with van der Waals surface area (Å²) in [5, 5.41) is 4.11. The van der Waals surface area contributed by atoms with Gasteiger partial charge in [0.05, 0.1) is 6.54 Å². The van der Waals surface area contributed by atoms with Crippen molar-refractivity contribution in [1.29, 1.82) is 0 Å². The molecule has 0 saturated carbocycles. The van der Waals surface area contributed by atoms with Gasteiger partial charge in [0, 0.05) is 32.7 Å². The van der Waals surface area contributed by atoms with Gasteiger partial charge >= 0.3 is 0 Å². The van der Waals surface area contributed by atoms with Crippen LogP contribution >= 0.6 is 11.3 Å². The Kier molecular flexibility index (Phi) is 4.15. The molecule has 1 unspecified atom stereocenters. The fraction of sp³-hybridized carbons (Fsp3) is 0.583. The molecule has 0 spiro atoms. The van der Waals surface area contributed by atoms with Gasteiger partial charge in [0.2, 0.25) is 5.91 Å². The summed E-state index contributed by atoms with van der Waals surface area (Å²) < 4.78 is 0. The number of nitrogens with zero attached hydrogens (tertiary/aromatic N) is 2. The molecular weight excluding hydrogens is 234 g/mol. The number of thiophene rings is 1. The molecule has 2 heterocycles. The van der Waals surface area contributed by atoms with Crippen LogP contribution in [0.1, 0.15) is 12.0 Å². The quantitative estimate of drug-likeness (QED) is 0.861. The average Bonchev–Trinajstić information content (AvgIpc) is 2.90. The van der Waals surface area contributed by atoms with E-state index in [0.717, 1.165) is 19.5 Å². The summed E-state index contributed by atoms with van der Waals surface area (Å²) in [6.45, 7) is 2.98. The first-order valence-electron chi connectivity index (χ1n) is 5.88. The maximum absolute atomic E-state index is 12.0. The van der Waals surface area contributed by atoms with Crippen molar-refractivity contribution in [2.24, 2.45) is 5.73 Å². The van der Waals surface area contributed by atoms with E-state index in [9.17, 15) is 4.79 Å². The SMILES string of the molecule is CN(Cc1ccsc1)C(=O)CN1CCC(N)C1. The number of carbonyl (C=O) groups excluding carboxylic acids is 1. The molecule has 5 heteroatoms. The Hall–Kier alpha value is -0.910. The minimum atomic E-state index is 0.172. The van der Waals surface area contributed by atoms with Crippen LogP contribution in [0.25, 0.3) is 0 Å². The van der Waals surface area contributed by atoms with Crippen LogP contribution in [0.3, 0.4) is 0 Å². The molecule has 17 heavy (non-hydrogen) atoms. The van der Waals surface area contributed by atoms with Gasteiger partial charge in [-0.05, 0) is 28.8 Å². The zero-order valence-electron chi connectivity index (χ0n) is 10.1. The van der Waals surface area contributed by atoms with Crippen molar-refractivity contribution in [1.82, 2.24) is 9.80 Å². The predicted octanol–water partition coefficient (Wildman–Crippen LogP) is 0.740. The van der Waals surface area contributed by atoms with E-state index in [1.54, 1.807) is 16.2 Å². The predicted molar refractivity (Wildman–Crippen MR) is 69.8 cm³/mol. The first kappa shape index (κ1) is 12.5. The smallest absolute Gasteiger partial charge is 0.236 e. The van der Waals surface area contributed by atoms with Crippen LogP contribution in [0.5, 0.6) is 0 Å². The lowest BCUT2D eigenvalue weighted by atomic mass is 10.3. The zero-order chi connectivity index (χ0) is 12.3. The van der Waals surface area contributed by atoms with Crippen molar-refractivity contribution >= 4 is 17.2 Å². The first-order chi connectivity index (χ1) is 8.15. The summed E-state index contributed by atoms with van der Waals surface area (Å²) in [7, 11) is 1.86. The molecule has 2 rings (SSSR count). The molecule has 1 aliphatic heterocycles. The van der Waals surface area contributed by atoms with Gasteiger partial charge in [-0.2, -0.15) is 11.3 Å². The summed E-state index contributed by atoms with van der Waals surface area (Å²) in [6, 6.07) is 2.30. The van der Waals surface area contributed by atoms with Gasteiger partial charge < -0.3 is 10.6 Å². The molecule has 1 amide bonds. The number of carbonyl (C=O) groups is 1. The number of amides is 1. The van der Waals surface area contributed by atoms with E-state index in [2.05, 4.69) is 16.3 Å². The Bertz CT molecular complexity index is 366. The summed E-state index contributed by atoms with van der Waals surface area (Å²) in [4.78, 5) is 15.9. The molecule has 1 atom stereocenters. The van der Waals surface area contributed by atoms with Crippen LogP contribution in [0.15, 0.2) is 16.8 Å². The molecule has 0 bridgehead atoms. The Morgan fingerprint density at radius 1 is 1.71 bits per heavy atom. The molecule has 0 radical (unpaired) electrons. The van der Waals surface area contributed by atoms with Crippen LogP contribution in [0.2, 0.25) is 0 Å². The normalized spacial score (nSPS) is 20.7. The van der Waals surface area contributed by atoms with E-state index in [-0.39, 0.29) is 11.9 Å². The fourth-order valence-corrected chi connectivity index (χ4v) is 2.72. The highest BCUT2D eigenvalue weighted by atomic mass is 32.1. The van der Waals surface area contributed by atoms with Crippen molar-refractivity contribution in [3.63, 3.8) is 0 Å². The average molecular weight is 253 g/mol. The molecule has 0 aliphatic carbocycles. The van der Waals surface area contributed by atoms with E-state index in [4.69, 9.17) is 5.73 Å². The van der Waals surface area contributed by atoms with Crippen LogP contribution in [0.4, 0.5) is 0 Å². The lowest BCUT2D eigenvalue weighted by molar-refractivity contribution is -0.131. The summed E-state index contributed by atoms with van der Waals surface area (Å²) >= 11 is 1.66. The third-order valence-electron chi connectivity index (χ3n) is 3.09. The third kappa shape index (κ3) is 3.52. The molecule has 2 N–H and O–H groups in total. The third-order valence-corrected chi connectivity index (χ3v) is 3.83. The van der Waals surface area contributed by atoms with Gasteiger partial charge in [-0.1, -0.05) is 0 Å². The molecule has 1 aliphatic rings. The molecule has 1 saturated heterocycles. The van der Waals surface area contributed by atoms with E-state index in [1.165, 1.54) is 5.56 Å². The maximum atomic E-state index is 12.0. The van der Waals surface area contributed by atoms with Crippen LogP contribution in [-0.4, -0.2) is 48.4 Å². The van der Waals surface area contributed by atoms with Gasteiger partial charge in [-0.3, -0.25) is 9.69 Å². The fourth-order valence-electron chi connectivity index (χ4n) is 2.06. The number of hydrogen-bond acceptors (Lipinski definition) is 4. The Labute approximate surface area is 106 Å². The van der Waals surface area contributed by atoms with Crippen LogP contribution in [0, 0.1) is 0 Å². The van der Waals surface area contributed by atoms with Crippen molar-refractivity contribution in [3.05, 3.63) is 22.4 Å². The molecule has 1 aromatic rings. The topological polar surface area (TPSA) is 49.6 Å². The first-order valence-corrected chi connectivity index (χ1v) is 6.82. The largest absolute Gasteiger partial charge is 0.340 e. The molecule has 1 fully saturated rings. The van der Waals surface area contributed by atoms with Gasteiger partial charge in [0.25, 0.3) is 0 Å². The molecule has 4 nitrogen and oxygen atoms in total. The summed E-state index contributed by atoms with van der Waals surface area (Å²) in [6.07, 6.45) is 1.00. The van der Waals surface area contributed by atoms with Crippen molar-refractivity contribution in [2.45, 2.75) is 19.0 Å². The number of rotatable bonds is 4. The lowest BCUT2D eigenvalue weighted by Crippen LogP contribution is -2.38. The minimum Gasteiger partial charge on any atom is -0.340 e. The van der Waals surface area contributed by atoms with Crippen molar-refractivity contribution in [3.8, 4) is 0 Å². The standard InChI is InChI=1S/C12H19N3OS/c1-14(6-10-3-5-17-9-10)12(16)8-15-4-2-11(13)7-15/h3,5,9,11H,2,4,6-8,13H2,1H3. The Balaban J connectivity index is 1.79. The molecule has 0 aromatic carbocycles. The summed E-state index contributed by atoms with van der Waals surface area (Å²) in [5.41, 5.74) is 7.02. The Morgan fingerprint density at radius 2 is 2.53 bits per heavy atom. The highest BCUT2D eigenvalue weighted by molar-refractivity contribution is 7.07. The lowest BCUT2D eigenvalue weighted by Gasteiger charge is -2.21. The van der Waals surface area contributed by atoms with Crippen molar-refractivity contribution < 1.29 is 4.79 Å². The van der Waals surface area contributed by atoms with Crippen molar-refractivity contribution in [2.75, 3.05) is 26.7 Å². The van der Waals surface area contributed by atoms with E-state index >= 15 is 0 Å². The van der Waals surface area contributed by atoms with Gasteiger partial charge in [0.1, 0.15) is 0 Å². The second-order valence-corrected chi connectivity index (χ2v) is 5.45. The highest BCUT2D eigenvalue weighted by Crippen LogP contribution is 2.10. The number of likely N-dealkylation sites (tertiary alicyclic amines) is 1. The molecular formula is C12H19N3OS. The highest BCUT2D eigenvalue weighted by Gasteiger charge is 2.22. The number of nitrogens with two attached hydrogens (primary N) is 1. The maximum Gasteiger partial charge on any atom is 0.236 e.